The van der Waals surface area contributed by atoms with Gasteiger partial charge in [-0.1, -0.05) is 0 Å². The zero-order valence-electron chi connectivity index (χ0n) is 11.4. The van der Waals surface area contributed by atoms with Crippen molar-refractivity contribution >= 4 is 17.5 Å². The largest absolute Gasteiger partial charge is 0.375 e. The molecule has 0 saturated carbocycles. The Morgan fingerprint density at radius 3 is 2.70 bits per heavy atom. The van der Waals surface area contributed by atoms with Crippen LogP contribution < -0.4 is 16.0 Å². The molecule has 6 heteroatoms. The maximum absolute atomic E-state index is 11.9. The van der Waals surface area contributed by atoms with Crippen LogP contribution in [0.5, 0.6) is 0 Å². The predicted molar refractivity (Wildman–Crippen MR) is 75.7 cm³/mol. The molecule has 1 aromatic carbocycles. The molecule has 108 valence electrons. The average Bonchev–Trinajstić information content (AvgIpc) is 2.48. The van der Waals surface area contributed by atoms with Gasteiger partial charge in [-0.05, 0) is 24.3 Å². The molecule has 1 unspecified atom stereocenters. The highest BCUT2D eigenvalue weighted by Gasteiger charge is 2.17. The van der Waals surface area contributed by atoms with Crippen molar-refractivity contribution in [3.05, 3.63) is 29.8 Å². The molecule has 6 nitrogen and oxygen atoms in total. The molecule has 1 heterocycles. The Balaban J connectivity index is 1.85. The molecule has 1 fully saturated rings. The van der Waals surface area contributed by atoms with E-state index in [1.165, 1.54) is 0 Å². The number of amides is 2. The van der Waals surface area contributed by atoms with Crippen molar-refractivity contribution in [1.82, 2.24) is 10.6 Å². The Bertz CT molecular complexity index is 467. The van der Waals surface area contributed by atoms with Gasteiger partial charge in [0.1, 0.15) is 0 Å². The molecule has 1 atom stereocenters. The quantitative estimate of drug-likeness (QED) is 0.742. The number of carbonyl (C=O) groups is 2. The molecule has 3 N–H and O–H groups in total. The van der Waals surface area contributed by atoms with E-state index >= 15 is 0 Å². The van der Waals surface area contributed by atoms with E-state index in [0.717, 1.165) is 6.54 Å². The summed E-state index contributed by atoms with van der Waals surface area (Å²) in [7, 11) is 1.58. The fourth-order valence-electron chi connectivity index (χ4n) is 2.02. The highest BCUT2D eigenvalue weighted by Crippen LogP contribution is 2.11. The number of morpholine rings is 1. The fourth-order valence-corrected chi connectivity index (χ4v) is 2.02. The van der Waals surface area contributed by atoms with Crippen LogP contribution in [0.15, 0.2) is 24.3 Å². The summed E-state index contributed by atoms with van der Waals surface area (Å²) < 4.78 is 5.48. The molecule has 0 spiro atoms. The van der Waals surface area contributed by atoms with Crippen molar-refractivity contribution in [3.8, 4) is 0 Å². The standard InChI is InChI=1S/C14H19N3O3/c1-15-14(19)10-2-4-11(5-3-10)17-13(18)8-12-9-16-6-7-20-12/h2-5,12,16H,6-9H2,1H3,(H,15,19)(H,17,18). The summed E-state index contributed by atoms with van der Waals surface area (Å²) in [6.45, 7) is 2.17. The van der Waals surface area contributed by atoms with Crippen LogP contribution in [0.4, 0.5) is 5.69 Å². The van der Waals surface area contributed by atoms with E-state index in [9.17, 15) is 9.59 Å². The Morgan fingerprint density at radius 1 is 1.35 bits per heavy atom. The number of hydrogen-bond donors (Lipinski definition) is 3. The average molecular weight is 277 g/mol. The third-order valence-electron chi connectivity index (χ3n) is 3.08. The van der Waals surface area contributed by atoms with Crippen LogP contribution in [-0.4, -0.2) is 44.7 Å². The lowest BCUT2D eigenvalue weighted by molar-refractivity contribution is -0.119. The minimum atomic E-state index is -0.149. The molecule has 0 bridgehead atoms. The number of rotatable bonds is 4. The first-order valence-electron chi connectivity index (χ1n) is 6.63. The van der Waals surface area contributed by atoms with E-state index in [1.807, 2.05) is 0 Å². The lowest BCUT2D eigenvalue weighted by Gasteiger charge is -2.23. The van der Waals surface area contributed by atoms with E-state index in [2.05, 4.69) is 16.0 Å². The van der Waals surface area contributed by atoms with Gasteiger partial charge in [-0.3, -0.25) is 9.59 Å². The van der Waals surface area contributed by atoms with Gasteiger partial charge in [0, 0.05) is 31.4 Å². The van der Waals surface area contributed by atoms with E-state index in [4.69, 9.17) is 4.74 Å². The molecule has 1 aliphatic heterocycles. The summed E-state index contributed by atoms with van der Waals surface area (Å²) in [6.07, 6.45) is 0.249. The maximum Gasteiger partial charge on any atom is 0.251 e. The van der Waals surface area contributed by atoms with E-state index < -0.39 is 0 Å². The topological polar surface area (TPSA) is 79.5 Å². The summed E-state index contributed by atoms with van der Waals surface area (Å²) >= 11 is 0. The van der Waals surface area contributed by atoms with Gasteiger partial charge >= 0.3 is 0 Å². The number of benzene rings is 1. The molecule has 0 aliphatic carbocycles. The zero-order chi connectivity index (χ0) is 14.4. The van der Waals surface area contributed by atoms with Gasteiger partial charge in [-0.25, -0.2) is 0 Å². The van der Waals surface area contributed by atoms with Gasteiger partial charge in [-0.15, -0.1) is 0 Å². The van der Waals surface area contributed by atoms with Gasteiger partial charge in [0.2, 0.25) is 5.91 Å². The smallest absolute Gasteiger partial charge is 0.251 e. The fraction of sp³-hybridized carbons (Fsp3) is 0.429. The lowest BCUT2D eigenvalue weighted by atomic mass is 10.2. The number of hydrogen-bond acceptors (Lipinski definition) is 4. The van der Waals surface area contributed by atoms with Crippen molar-refractivity contribution in [3.63, 3.8) is 0 Å². The van der Waals surface area contributed by atoms with Gasteiger partial charge in [0.15, 0.2) is 0 Å². The van der Waals surface area contributed by atoms with Crippen molar-refractivity contribution in [2.75, 3.05) is 32.1 Å². The van der Waals surface area contributed by atoms with Crippen molar-refractivity contribution in [2.24, 2.45) is 0 Å². The van der Waals surface area contributed by atoms with Crippen LogP contribution in [0, 0.1) is 0 Å². The first kappa shape index (κ1) is 14.5. The van der Waals surface area contributed by atoms with Gasteiger partial charge in [0.05, 0.1) is 19.1 Å². The molecule has 2 amide bonds. The summed E-state index contributed by atoms with van der Waals surface area (Å²) in [5.74, 6) is -0.240. The molecular weight excluding hydrogens is 258 g/mol. The van der Waals surface area contributed by atoms with Crippen molar-refractivity contribution < 1.29 is 14.3 Å². The van der Waals surface area contributed by atoms with Crippen LogP contribution in [0.2, 0.25) is 0 Å². The summed E-state index contributed by atoms with van der Waals surface area (Å²) in [4.78, 5) is 23.2. The number of carbonyl (C=O) groups excluding carboxylic acids is 2. The second kappa shape index (κ2) is 7.02. The van der Waals surface area contributed by atoms with Gasteiger partial charge in [-0.2, -0.15) is 0 Å². The number of nitrogens with one attached hydrogen (secondary N) is 3. The van der Waals surface area contributed by atoms with Crippen LogP contribution in [0.25, 0.3) is 0 Å². The molecule has 20 heavy (non-hydrogen) atoms. The van der Waals surface area contributed by atoms with Gasteiger partial charge in [0.25, 0.3) is 5.91 Å². The van der Waals surface area contributed by atoms with Crippen LogP contribution in [-0.2, 0) is 9.53 Å². The zero-order valence-corrected chi connectivity index (χ0v) is 11.4. The highest BCUT2D eigenvalue weighted by atomic mass is 16.5. The normalized spacial score (nSPS) is 18.4. The third-order valence-corrected chi connectivity index (χ3v) is 3.08. The Kier molecular flexibility index (Phi) is 5.09. The summed E-state index contributed by atoms with van der Waals surface area (Å²) in [5, 5.41) is 8.52. The predicted octanol–water partition coefficient (Wildman–Crippen LogP) is 0.363. The first-order valence-corrected chi connectivity index (χ1v) is 6.63. The van der Waals surface area contributed by atoms with Crippen LogP contribution >= 0.6 is 0 Å². The monoisotopic (exact) mass is 277 g/mol. The molecule has 2 rings (SSSR count). The Labute approximate surface area is 117 Å². The Hall–Kier alpha value is -1.92. The molecule has 1 aromatic rings. The third kappa shape index (κ3) is 4.04. The van der Waals surface area contributed by atoms with Gasteiger partial charge < -0.3 is 20.7 Å². The second-order valence-corrected chi connectivity index (χ2v) is 4.61. The minimum absolute atomic E-state index is 0.0751. The molecular formula is C14H19N3O3. The van der Waals surface area contributed by atoms with Crippen LogP contribution in [0.3, 0.4) is 0 Å². The van der Waals surface area contributed by atoms with E-state index in [1.54, 1.807) is 31.3 Å². The summed E-state index contributed by atoms with van der Waals surface area (Å²) in [6, 6.07) is 6.77. The lowest BCUT2D eigenvalue weighted by Crippen LogP contribution is -2.40. The van der Waals surface area contributed by atoms with E-state index in [0.29, 0.717) is 30.8 Å². The second-order valence-electron chi connectivity index (χ2n) is 4.61. The molecule has 0 aromatic heterocycles. The Morgan fingerprint density at radius 2 is 2.10 bits per heavy atom. The van der Waals surface area contributed by atoms with E-state index in [-0.39, 0.29) is 17.9 Å². The first-order chi connectivity index (χ1) is 9.69. The SMILES string of the molecule is CNC(=O)c1ccc(NC(=O)CC2CNCCO2)cc1. The molecule has 0 radical (unpaired) electrons. The van der Waals surface area contributed by atoms with Crippen molar-refractivity contribution in [2.45, 2.75) is 12.5 Å². The van der Waals surface area contributed by atoms with Crippen LogP contribution in [0.1, 0.15) is 16.8 Å². The minimum Gasteiger partial charge on any atom is -0.375 e. The molecule has 1 saturated heterocycles. The number of anilines is 1. The van der Waals surface area contributed by atoms with Crippen molar-refractivity contribution in [1.29, 1.82) is 0 Å². The highest BCUT2D eigenvalue weighted by molar-refractivity contribution is 5.95. The maximum atomic E-state index is 11.9. The summed E-state index contributed by atoms with van der Waals surface area (Å²) in [5.41, 5.74) is 1.23. The molecule has 1 aliphatic rings. The number of ether oxygens (including phenoxy) is 1.